The Kier molecular flexibility index (Phi) is 3.86. The molecule has 1 aliphatic rings. The van der Waals surface area contributed by atoms with E-state index in [9.17, 15) is 9.90 Å². The molecule has 0 aromatic rings. The SMILES string of the molecule is CC1CN(CC(O)C(=O)O)CCN1C. The van der Waals surface area contributed by atoms with Crippen LogP contribution in [0.15, 0.2) is 0 Å². The highest BCUT2D eigenvalue weighted by molar-refractivity contribution is 5.72. The Morgan fingerprint density at radius 3 is 2.71 bits per heavy atom. The van der Waals surface area contributed by atoms with Crippen molar-refractivity contribution in [2.45, 2.75) is 19.1 Å². The Balaban J connectivity index is 2.36. The number of aliphatic hydroxyl groups is 1. The number of β-amino-alcohol motifs (C(OH)–C–C–N with tert-alkyl or cyclic N) is 1. The van der Waals surface area contributed by atoms with Crippen molar-refractivity contribution < 1.29 is 15.0 Å². The average molecular weight is 202 g/mol. The maximum absolute atomic E-state index is 10.4. The standard InChI is InChI=1S/C9H18N2O3/c1-7-5-11(4-3-10(7)2)6-8(12)9(13)14/h7-8,12H,3-6H2,1-2H3,(H,13,14). The number of carboxylic acids is 1. The molecule has 1 rings (SSSR count). The smallest absolute Gasteiger partial charge is 0.333 e. The van der Waals surface area contributed by atoms with Crippen LogP contribution in [-0.4, -0.2) is 71.4 Å². The Bertz CT molecular complexity index is 210. The summed E-state index contributed by atoms with van der Waals surface area (Å²) in [4.78, 5) is 14.6. The minimum absolute atomic E-state index is 0.230. The first-order valence-electron chi connectivity index (χ1n) is 4.84. The fourth-order valence-corrected chi connectivity index (χ4v) is 1.61. The van der Waals surface area contributed by atoms with Gasteiger partial charge in [0, 0.05) is 32.2 Å². The summed E-state index contributed by atoms with van der Waals surface area (Å²) in [6, 6.07) is 0.421. The van der Waals surface area contributed by atoms with Crippen molar-refractivity contribution in [3.05, 3.63) is 0 Å². The number of likely N-dealkylation sites (N-methyl/N-ethyl adjacent to an activating group) is 1. The third-order valence-electron chi connectivity index (χ3n) is 2.76. The molecule has 0 saturated carbocycles. The normalized spacial score (nSPS) is 27.5. The number of hydrogen-bond acceptors (Lipinski definition) is 4. The van der Waals surface area contributed by atoms with E-state index in [4.69, 9.17) is 5.11 Å². The van der Waals surface area contributed by atoms with Crippen LogP contribution in [0.3, 0.4) is 0 Å². The van der Waals surface area contributed by atoms with E-state index >= 15 is 0 Å². The maximum atomic E-state index is 10.4. The zero-order chi connectivity index (χ0) is 10.7. The van der Waals surface area contributed by atoms with E-state index in [-0.39, 0.29) is 6.54 Å². The monoisotopic (exact) mass is 202 g/mol. The Labute approximate surface area is 83.9 Å². The lowest BCUT2D eigenvalue weighted by Gasteiger charge is -2.37. The number of piperazine rings is 1. The van der Waals surface area contributed by atoms with Crippen LogP contribution in [0.5, 0.6) is 0 Å². The van der Waals surface area contributed by atoms with E-state index in [2.05, 4.69) is 18.9 Å². The molecular formula is C9H18N2O3. The molecule has 14 heavy (non-hydrogen) atoms. The minimum Gasteiger partial charge on any atom is -0.479 e. The summed E-state index contributed by atoms with van der Waals surface area (Å²) < 4.78 is 0. The predicted molar refractivity (Wildman–Crippen MR) is 52.2 cm³/mol. The summed E-state index contributed by atoms with van der Waals surface area (Å²) in [6.07, 6.45) is -1.26. The van der Waals surface area contributed by atoms with Crippen LogP contribution in [0.2, 0.25) is 0 Å². The van der Waals surface area contributed by atoms with Crippen LogP contribution in [-0.2, 0) is 4.79 Å². The van der Waals surface area contributed by atoms with Crippen LogP contribution in [0, 0.1) is 0 Å². The summed E-state index contributed by atoms with van der Waals surface area (Å²) in [5.41, 5.74) is 0. The lowest BCUT2D eigenvalue weighted by Crippen LogP contribution is -2.52. The van der Waals surface area contributed by atoms with Gasteiger partial charge in [-0.3, -0.25) is 4.90 Å². The molecule has 5 nitrogen and oxygen atoms in total. The molecule has 1 aliphatic heterocycles. The molecule has 2 unspecified atom stereocenters. The van der Waals surface area contributed by atoms with E-state index in [1.165, 1.54) is 0 Å². The molecule has 0 radical (unpaired) electrons. The molecule has 1 heterocycles. The summed E-state index contributed by atoms with van der Waals surface area (Å²) in [5.74, 6) is -1.14. The molecule has 2 atom stereocenters. The molecule has 1 saturated heterocycles. The number of carbonyl (C=O) groups is 1. The molecular weight excluding hydrogens is 184 g/mol. The summed E-state index contributed by atoms with van der Waals surface area (Å²) in [5, 5.41) is 17.7. The lowest BCUT2D eigenvalue weighted by molar-refractivity contribution is -0.147. The van der Waals surface area contributed by atoms with Gasteiger partial charge in [-0.1, -0.05) is 0 Å². The average Bonchev–Trinajstić information content (AvgIpc) is 2.11. The fourth-order valence-electron chi connectivity index (χ4n) is 1.61. The van der Waals surface area contributed by atoms with Gasteiger partial charge in [0.15, 0.2) is 6.10 Å². The third-order valence-corrected chi connectivity index (χ3v) is 2.76. The molecule has 0 aromatic carbocycles. The van der Waals surface area contributed by atoms with E-state index in [1.54, 1.807) is 0 Å². The number of hydrogen-bond donors (Lipinski definition) is 2. The third kappa shape index (κ3) is 2.94. The molecule has 0 amide bonds. The fraction of sp³-hybridized carbons (Fsp3) is 0.889. The summed E-state index contributed by atoms with van der Waals surface area (Å²) in [6.45, 7) is 4.90. The van der Waals surface area contributed by atoms with Gasteiger partial charge >= 0.3 is 5.97 Å². The molecule has 0 aliphatic carbocycles. The number of nitrogens with zero attached hydrogens (tertiary/aromatic N) is 2. The van der Waals surface area contributed by atoms with Crippen molar-refractivity contribution in [3.8, 4) is 0 Å². The number of aliphatic hydroxyl groups excluding tert-OH is 1. The van der Waals surface area contributed by atoms with Gasteiger partial charge in [0.2, 0.25) is 0 Å². The Hall–Kier alpha value is -0.650. The maximum Gasteiger partial charge on any atom is 0.333 e. The van der Waals surface area contributed by atoms with Gasteiger partial charge in [0.05, 0.1) is 0 Å². The topological polar surface area (TPSA) is 64.0 Å². The first kappa shape index (κ1) is 11.4. The molecule has 0 bridgehead atoms. The second-order valence-corrected chi connectivity index (χ2v) is 3.94. The second-order valence-electron chi connectivity index (χ2n) is 3.94. The van der Waals surface area contributed by atoms with Gasteiger partial charge in [-0.05, 0) is 14.0 Å². The Morgan fingerprint density at radius 2 is 2.21 bits per heavy atom. The van der Waals surface area contributed by atoms with E-state index < -0.39 is 12.1 Å². The quantitative estimate of drug-likeness (QED) is 0.619. The highest BCUT2D eigenvalue weighted by Gasteiger charge is 2.24. The van der Waals surface area contributed by atoms with Crippen molar-refractivity contribution >= 4 is 5.97 Å². The van der Waals surface area contributed by atoms with Crippen molar-refractivity contribution in [3.63, 3.8) is 0 Å². The lowest BCUT2D eigenvalue weighted by atomic mass is 10.2. The van der Waals surface area contributed by atoms with Crippen LogP contribution in [0.4, 0.5) is 0 Å². The molecule has 5 heteroatoms. The predicted octanol–water partition coefficient (Wildman–Crippen LogP) is -0.932. The molecule has 0 aromatic heterocycles. The van der Waals surface area contributed by atoms with E-state index in [0.717, 1.165) is 19.6 Å². The zero-order valence-electron chi connectivity index (χ0n) is 8.68. The number of rotatable bonds is 3. The van der Waals surface area contributed by atoms with Crippen molar-refractivity contribution in [2.24, 2.45) is 0 Å². The largest absolute Gasteiger partial charge is 0.479 e. The van der Waals surface area contributed by atoms with Gasteiger partial charge in [0.25, 0.3) is 0 Å². The van der Waals surface area contributed by atoms with Gasteiger partial charge in [-0.15, -0.1) is 0 Å². The zero-order valence-corrected chi connectivity index (χ0v) is 8.68. The highest BCUT2D eigenvalue weighted by Crippen LogP contribution is 2.07. The van der Waals surface area contributed by atoms with Crippen LogP contribution in [0.1, 0.15) is 6.92 Å². The van der Waals surface area contributed by atoms with Gasteiger partial charge in [-0.2, -0.15) is 0 Å². The van der Waals surface area contributed by atoms with E-state index in [1.807, 2.05) is 4.90 Å². The summed E-state index contributed by atoms with van der Waals surface area (Å²) >= 11 is 0. The Morgan fingerprint density at radius 1 is 1.57 bits per heavy atom. The van der Waals surface area contributed by atoms with Crippen LogP contribution < -0.4 is 0 Å². The highest BCUT2D eigenvalue weighted by atomic mass is 16.4. The minimum atomic E-state index is -1.26. The summed E-state index contributed by atoms with van der Waals surface area (Å²) in [7, 11) is 2.05. The molecule has 0 spiro atoms. The second kappa shape index (κ2) is 4.72. The first-order valence-corrected chi connectivity index (χ1v) is 4.84. The molecule has 2 N–H and O–H groups in total. The van der Waals surface area contributed by atoms with Gasteiger partial charge in [-0.25, -0.2) is 4.79 Å². The first-order chi connectivity index (χ1) is 6.50. The van der Waals surface area contributed by atoms with Gasteiger partial charge in [0.1, 0.15) is 0 Å². The van der Waals surface area contributed by atoms with Crippen molar-refractivity contribution in [1.29, 1.82) is 0 Å². The molecule has 1 fully saturated rings. The van der Waals surface area contributed by atoms with E-state index in [0.29, 0.717) is 6.04 Å². The number of aliphatic carboxylic acids is 1. The van der Waals surface area contributed by atoms with Gasteiger partial charge < -0.3 is 15.1 Å². The van der Waals surface area contributed by atoms with Crippen molar-refractivity contribution in [2.75, 3.05) is 33.2 Å². The van der Waals surface area contributed by atoms with Crippen molar-refractivity contribution in [1.82, 2.24) is 9.80 Å². The molecule has 82 valence electrons. The van der Waals surface area contributed by atoms with Crippen LogP contribution >= 0.6 is 0 Å². The number of carboxylic acid groups (broad SMARTS) is 1. The van der Waals surface area contributed by atoms with Crippen LogP contribution in [0.25, 0.3) is 0 Å².